The predicted molar refractivity (Wildman–Crippen MR) is 75.6 cm³/mol. The van der Waals surface area contributed by atoms with Crippen LogP contribution in [0, 0.1) is 10.1 Å². The molecule has 0 aliphatic heterocycles. The van der Waals surface area contributed by atoms with Crippen LogP contribution < -0.4 is 0 Å². The van der Waals surface area contributed by atoms with E-state index in [4.69, 9.17) is 4.42 Å². The Morgan fingerprint density at radius 2 is 1.90 bits per heavy atom. The highest BCUT2D eigenvalue weighted by Gasteiger charge is 2.17. The minimum Gasteiger partial charge on any atom is -0.453 e. The number of nitrogens with zero attached hydrogens (tertiary/aromatic N) is 2. The number of benzene rings is 1. The monoisotopic (exact) mass is 291 g/mol. The zero-order valence-corrected chi connectivity index (χ0v) is 11.0. The molecule has 0 fully saturated rings. The molecule has 20 heavy (non-hydrogen) atoms. The van der Waals surface area contributed by atoms with Crippen LogP contribution >= 0.6 is 12.4 Å². The molecule has 0 aliphatic rings. The first-order chi connectivity index (χ1) is 9.25. The number of furan rings is 1. The smallest absolute Gasteiger partial charge is 0.280 e. The maximum atomic E-state index is 11.0. The summed E-state index contributed by atoms with van der Waals surface area (Å²) in [6.07, 6.45) is 3.30. The van der Waals surface area contributed by atoms with Crippen molar-refractivity contribution in [3.63, 3.8) is 0 Å². The van der Waals surface area contributed by atoms with Crippen molar-refractivity contribution in [2.24, 2.45) is 0 Å². The lowest BCUT2D eigenvalue weighted by Crippen LogP contribution is -1.90. The number of rotatable bonds is 3. The maximum Gasteiger partial charge on any atom is 0.280 e. The standard InChI is InChI=1S/C13H9N3O3.ClH/c17-16(18)10-4-2-1-3-9(10)11-5-6-12(19-11)13-14-7-8-15-13;/h1-8H,(H,14,15);1H. The number of para-hydroxylation sites is 1. The van der Waals surface area contributed by atoms with E-state index in [0.29, 0.717) is 22.9 Å². The summed E-state index contributed by atoms with van der Waals surface area (Å²) < 4.78 is 5.61. The van der Waals surface area contributed by atoms with E-state index in [0.717, 1.165) is 0 Å². The summed E-state index contributed by atoms with van der Waals surface area (Å²) in [5.74, 6) is 1.57. The van der Waals surface area contributed by atoms with Crippen LogP contribution in [0.15, 0.2) is 53.2 Å². The minimum atomic E-state index is -0.426. The number of aromatic nitrogens is 2. The van der Waals surface area contributed by atoms with Crippen LogP contribution in [0.25, 0.3) is 22.9 Å². The number of hydrogen-bond donors (Lipinski definition) is 1. The van der Waals surface area contributed by atoms with Gasteiger partial charge in [-0.2, -0.15) is 0 Å². The van der Waals surface area contributed by atoms with Gasteiger partial charge in [0.15, 0.2) is 11.6 Å². The Labute approximate surface area is 120 Å². The minimum absolute atomic E-state index is 0. The first kappa shape index (κ1) is 13.8. The van der Waals surface area contributed by atoms with Gasteiger partial charge in [0.2, 0.25) is 0 Å². The van der Waals surface area contributed by atoms with Crippen molar-refractivity contribution < 1.29 is 9.34 Å². The number of hydrogen-bond acceptors (Lipinski definition) is 4. The van der Waals surface area contributed by atoms with Gasteiger partial charge in [-0.15, -0.1) is 12.4 Å². The fourth-order valence-electron chi connectivity index (χ4n) is 1.85. The van der Waals surface area contributed by atoms with E-state index in [1.807, 2.05) is 0 Å². The highest BCUT2D eigenvalue weighted by molar-refractivity contribution is 5.85. The van der Waals surface area contributed by atoms with Gasteiger partial charge in [0.1, 0.15) is 5.76 Å². The predicted octanol–water partition coefficient (Wildman–Crippen LogP) is 3.67. The van der Waals surface area contributed by atoms with E-state index in [1.165, 1.54) is 6.07 Å². The van der Waals surface area contributed by atoms with Gasteiger partial charge in [0.25, 0.3) is 5.69 Å². The highest BCUT2D eigenvalue weighted by Crippen LogP contribution is 2.32. The van der Waals surface area contributed by atoms with Crippen molar-refractivity contribution in [1.82, 2.24) is 9.97 Å². The number of halogens is 1. The second-order valence-corrected chi connectivity index (χ2v) is 3.88. The Morgan fingerprint density at radius 1 is 1.15 bits per heavy atom. The summed E-state index contributed by atoms with van der Waals surface area (Å²) in [4.78, 5) is 17.5. The summed E-state index contributed by atoms with van der Waals surface area (Å²) in [7, 11) is 0. The summed E-state index contributed by atoms with van der Waals surface area (Å²) in [6.45, 7) is 0. The second kappa shape index (κ2) is 5.58. The largest absolute Gasteiger partial charge is 0.453 e. The molecule has 0 unspecified atom stereocenters. The van der Waals surface area contributed by atoms with Gasteiger partial charge in [0, 0.05) is 18.5 Å². The molecule has 0 aliphatic carbocycles. The lowest BCUT2D eigenvalue weighted by Gasteiger charge is -1.98. The van der Waals surface area contributed by atoms with E-state index in [9.17, 15) is 10.1 Å². The van der Waals surface area contributed by atoms with Crippen molar-refractivity contribution in [2.45, 2.75) is 0 Å². The Hall–Kier alpha value is -2.60. The third kappa shape index (κ3) is 2.41. The molecule has 2 aromatic heterocycles. The number of aromatic amines is 1. The fourth-order valence-corrected chi connectivity index (χ4v) is 1.85. The van der Waals surface area contributed by atoms with Gasteiger partial charge in [-0.3, -0.25) is 10.1 Å². The maximum absolute atomic E-state index is 11.0. The number of nitro benzene ring substituents is 1. The van der Waals surface area contributed by atoms with Gasteiger partial charge < -0.3 is 9.40 Å². The molecule has 6 nitrogen and oxygen atoms in total. The molecule has 1 N–H and O–H groups in total. The molecule has 0 radical (unpaired) electrons. The van der Waals surface area contributed by atoms with Gasteiger partial charge in [-0.05, 0) is 18.2 Å². The molecule has 7 heteroatoms. The lowest BCUT2D eigenvalue weighted by molar-refractivity contribution is -0.384. The molecule has 0 saturated heterocycles. The van der Waals surface area contributed by atoms with E-state index in [-0.39, 0.29) is 18.1 Å². The topological polar surface area (TPSA) is 85.0 Å². The van der Waals surface area contributed by atoms with Crippen LogP contribution in [0.1, 0.15) is 0 Å². The summed E-state index contributed by atoms with van der Waals surface area (Å²) in [5.41, 5.74) is 0.466. The van der Waals surface area contributed by atoms with Gasteiger partial charge in [0.05, 0.1) is 10.5 Å². The Kier molecular flexibility index (Phi) is 3.86. The summed E-state index contributed by atoms with van der Waals surface area (Å²) in [5, 5.41) is 11.0. The third-order valence-corrected chi connectivity index (χ3v) is 2.70. The van der Waals surface area contributed by atoms with Crippen LogP contribution in [0.3, 0.4) is 0 Å². The Bertz CT molecular complexity index is 722. The summed E-state index contributed by atoms with van der Waals surface area (Å²) >= 11 is 0. The van der Waals surface area contributed by atoms with Crippen LogP contribution in [-0.2, 0) is 0 Å². The molecule has 0 atom stereocenters. The highest BCUT2D eigenvalue weighted by atomic mass is 35.5. The molecule has 0 bridgehead atoms. The summed E-state index contributed by atoms with van der Waals surface area (Å²) in [6, 6.07) is 9.88. The first-order valence-electron chi connectivity index (χ1n) is 5.59. The van der Waals surface area contributed by atoms with E-state index < -0.39 is 4.92 Å². The zero-order valence-electron chi connectivity index (χ0n) is 10.1. The van der Waals surface area contributed by atoms with Gasteiger partial charge in [-0.1, -0.05) is 12.1 Å². The second-order valence-electron chi connectivity index (χ2n) is 3.88. The van der Waals surface area contributed by atoms with Crippen LogP contribution in [-0.4, -0.2) is 14.9 Å². The van der Waals surface area contributed by atoms with Crippen molar-refractivity contribution >= 4 is 18.1 Å². The number of H-pyrrole nitrogens is 1. The van der Waals surface area contributed by atoms with Gasteiger partial charge >= 0.3 is 0 Å². The van der Waals surface area contributed by atoms with E-state index in [2.05, 4.69) is 9.97 Å². The molecule has 2 heterocycles. The fraction of sp³-hybridized carbons (Fsp3) is 0. The quantitative estimate of drug-likeness (QED) is 0.589. The van der Waals surface area contributed by atoms with Crippen LogP contribution in [0.4, 0.5) is 5.69 Å². The average Bonchev–Trinajstić information content (AvgIpc) is 3.09. The van der Waals surface area contributed by atoms with Gasteiger partial charge in [-0.25, -0.2) is 4.98 Å². The molecular weight excluding hydrogens is 282 g/mol. The van der Waals surface area contributed by atoms with Crippen molar-refractivity contribution in [1.29, 1.82) is 0 Å². The number of imidazole rings is 1. The molecule has 0 amide bonds. The van der Waals surface area contributed by atoms with Crippen molar-refractivity contribution in [2.75, 3.05) is 0 Å². The third-order valence-electron chi connectivity index (χ3n) is 2.70. The average molecular weight is 292 g/mol. The van der Waals surface area contributed by atoms with Crippen molar-refractivity contribution in [3.05, 3.63) is 58.9 Å². The molecule has 3 aromatic rings. The molecule has 102 valence electrons. The molecule has 0 saturated carbocycles. The Balaban J connectivity index is 0.00000147. The SMILES string of the molecule is Cl.O=[N+]([O-])c1ccccc1-c1ccc(-c2ncc[nH]2)o1. The van der Waals surface area contributed by atoms with E-state index in [1.54, 1.807) is 42.7 Å². The molecule has 3 rings (SSSR count). The normalized spacial score (nSPS) is 10.0. The van der Waals surface area contributed by atoms with E-state index >= 15 is 0 Å². The van der Waals surface area contributed by atoms with Crippen molar-refractivity contribution in [3.8, 4) is 22.9 Å². The lowest BCUT2D eigenvalue weighted by atomic mass is 10.1. The Morgan fingerprint density at radius 3 is 2.60 bits per heavy atom. The molecule has 0 spiro atoms. The zero-order chi connectivity index (χ0) is 13.2. The first-order valence-corrected chi connectivity index (χ1v) is 5.59. The van der Waals surface area contributed by atoms with Crippen LogP contribution in [0.5, 0.6) is 0 Å². The number of nitro groups is 1. The molecular formula is C13H10ClN3O3. The van der Waals surface area contributed by atoms with Crippen LogP contribution in [0.2, 0.25) is 0 Å². The number of nitrogens with one attached hydrogen (secondary N) is 1. The molecule has 1 aromatic carbocycles.